The minimum atomic E-state index is -0.143. The standard InChI is InChI=1S/C16H13ClN2O/c17-12-7-4-8-13-15(12)18-14(16(20)19-13)10-9-11-5-2-1-3-6-11/h1-8H,9-10H2,(H,19,20). The van der Waals surface area contributed by atoms with Gasteiger partial charge in [-0.2, -0.15) is 0 Å². The Hall–Kier alpha value is -2.13. The largest absolute Gasteiger partial charge is 0.319 e. The molecule has 2 aromatic carbocycles. The van der Waals surface area contributed by atoms with Crippen LogP contribution in [-0.2, 0) is 12.8 Å². The van der Waals surface area contributed by atoms with E-state index in [1.165, 1.54) is 5.56 Å². The summed E-state index contributed by atoms with van der Waals surface area (Å²) in [5.74, 6) is 0. The lowest BCUT2D eigenvalue weighted by atomic mass is 10.1. The minimum absolute atomic E-state index is 0.143. The van der Waals surface area contributed by atoms with Crippen molar-refractivity contribution >= 4 is 22.6 Å². The molecule has 0 bridgehead atoms. The van der Waals surface area contributed by atoms with Crippen molar-refractivity contribution in [1.82, 2.24) is 9.97 Å². The van der Waals surface area contributed by atoms with E-state index in [-0.39, 0.29) is 5.56 Å². The molecule has 0 aliphatic heterocycles. The van der Waals surface area contributed by atoms with E-state index in [9.17, 15) is 4.79 Å². The number of nitrogens with zero attached hydrogens (tertiary/aromatic N) is 1. The highest BCUT2D eigenvalue weighted by molar-refractivity contribution is 6.34. The third-order valence-corrected chi connectivity index (χ3v) is 3.54. The van der Waals surface area contributed by atoms with Crippen LogP contribution in [0.25, 0.3) is 11.0 Å². The molecule has 0 unspecified atom stereocenters. The molecule has 0 saturated carbocycles. The first-order chi connectivity index (χ1) is 9.74. The SMILES string of the molecule is O=c1[nH]c2cccc(Cl)c2nc1CCc1ccccc1. The molecule has 3 nitrogen and oxygen atoms in total. The Labute approximate surface area is 121 Å². The Balaban J connectivity index is 1.94. The number of fused-ring (bicyclic) bond motifs is 1. The van der Waals surface area contributed by atoms with Gasteiger partial charge in [-0.15, -0.1) is 0 Å². The van der Waals surface area contributed by atoms with Gasteiger partial charge in [-0.1, -0.05) is 48.0 Å². The molecule has 0 radical (unpaired) electrons. The predicted octanol–water partition coefficient (Wildman–Crippen LogP) is 3.36. The van der Waals surface area contributed by atoms with Crippen molar-refractivity contribution < 1.29 is 0 Å². The second-order valence-corrected chi connectivity index (χ2v) is 5.04. The van der Waals surface area contributed by atoms with Crippen LogP contribution < -0.4 is 5.56 Å². The average Bonchev–Trinajstić information content (AvgIpc) is 2.47. The highest BCUT2D eigenvalue weighted by Crippen LogP contribution is 2.18. The van der Waals surface area contributed by atoms with E-state index in [1.54, 1.807) is 18.2 Å². The molecule has 0 saturated heterocycles. The fraction of sp³-hybridized carbons (Fsp3) is 0.125. The number of hydrogen-bond acceptors (Lipinski definition) is 2. The Morgan fingerprint density at radius 2 is 1.80 bits per heavy atom. The zero-order chi connectivity index (χ0) is 13.9. The van der Waals surface area contributed by atoms with E-state index in [1.807, 2.05) is 30.3 Å². The summed E-state index contributed by atoms with van der Waals surface area (Å²) in [7, 11) is 0. The number of para-hydroxylation sites is 1. The van der Waals surface area contributed by atoms with Crippen LogP contribution in [0, 0.1) is 0 Å². The maximum Gasteiger partial charge on any atom is 0.270 e. The van der Waals surface area contributed by atoms with Gasteiger partial charge in [0.05, 0.1) is 10.5 Å². The molecular formula is C16H13ClN2O. The second-order valence-electron chi connectivity index (χ2n) is 4.63. The summed E-state index contributed by atoms with van der Waals surface area (Å²) in [5, 5.41) is 0.555. The lowest BCUT2D eigenvalue weighted by Crippen LogP contribution is -2.16. The fourth-order valence-corrected chi connectivity index (χ4v) is 2.40. The fourth-order valence-electron chi connectivity index (χ4n) is 2.19. The average molecular weight is 285 g/mol. The van der Waals surface area contributed by atoms with Crippen molar-refractivity contribution in [2.75, 3.05) is 0 Å². The Morgan fingerprint density at radius 1 is 1.00 bits per heavy atom. The molecule has 20 heavy (non-hydrogen) atoms. The van der Waals surface area contributed by atoms with Gasteiger partial charge in [-0.3, -0.25) is 4.79 Å². The number of aryl methyl sites for hydroxylation is 2. The zero-order valence-corrected chi connectivity index (χ0v) is 11.5. The maximum atomic E-state index is 12.0. The molecule has 1 aromatic heterocycles. The summed E-state index contributed by atoms with van der Waals surface area (Å²) in [4.78, 5) is 19.3. The van der Waals surface area contributed by atoms with Gasteiger partial charge >= 0.3 is 0 Å². The van der Waals surface area contributed by atoms with Gasteiger partial charge in [-0.25, -0.2) is 4.98 Å². The molecule has 0 aliphatic carbocycles. The van der Waals surface area contributed by atoms with Crippen LogP contribution in [0.4, 0.5) is 0 Å². The highest BCUT2D eigenvalue weighted by atomic mass is 35.5. The van der Waals surface area contributed by atoms with Gasteiger partial charge in [-0.05, 0) is 30.5 Å². The predicted molar refractivity (Wildman–Crippen MR) is 81.2 cm³/mol. The Kier molecular flexibility index (Phi) is 3.52. The molecule has 0 spiro atoms. The highest BCUT2D eigenvalue weighted by Gasteiger charge is 2.07. The molecule has 3 aromatic rings. The number of halogens is 1. The first-order valence-electron chi connectivity index (χ1n) is 6.45. The third-order valence-electron chi connectivity index (χ3n) is 3.24. The van der Waals surface area contributed by atoms with E-state index < -0.39 is 0 Å². The molecule has 100 valence electrons. The number of benzene rings is 2. The van der Waals surface area contributed by atoms with Crippen LogP contribution in [0.3, 0.4) is 0 Å². The summed E-state index contributed by atoms with van der Waals surface area (Å²) >= 11 is 6.11. The first-order valence-corrected chi connectivity index (χ1v) is 6.83. The minimum Gasteiger partial charge on any atom is -0.319 e. The number of nitrogens with one attached hydrogen (secondary N) is 1. The van der Waals surface area contributed by atoms with Crippen LogP contribution in [0.1, 0.15) is 11.3 Å². The number of aromatic amines is 1. The van der Waals surface area contributed by atoms with Gasteiger partial charge in [0, 0.05) is 0 Å². The molecule has 1 heterocycles. The monoisotopic (exact) mass is 284 g/mol. The normalized spacial score (nSPS) is 10.8. The van der Waals surface area contributed by atoms with Crippen LogP contribution in [0.15, 0.2) is 53.3 Å². The molecule has 0 atom stereocenters. The summed E-state index contributed by atoms with van der Waals surface area (Å²) in [6, 6.07) is 15.4. The molecule has 3 rings (SSSR count). The van der Waals surface area contributed by atoms with Crippen molar-refractivity contribution in [3.8, 4) is 0 Å². The lowest BCUT2D eigenvalue weighted by Gasteiger charge is -2.04. The Bertz CT molecular complexity index is 796. The molecular weight excluding hydrogens is 272 g/mol. The van der Waals surface area contributed by atoms with Crippen molar-refractivity contribution in [2.24, 2.45) is 0 Å². The van der Waals surface area contributed by atoms with E-state index in [0.29, 0.717) is 28.2 Å². The second kappa shape index (κ2) is 5.47. The lowest BCUT2D eigenvalue weighted by molar-refractivity contribution is 0.895. The van der Waals surface area contributed by atoms with Crippen molar-refractivity contribution in [1.29, 1.82) is 0 Å². The molecule has 4 heteroatoms. The number of aromatic nitrogens is 2. The smallest absolute Gasteiger partial charge is 0.270 e. The maximum absolute atomic E-state index is 12.0. The van der Waals surface area contributed by atoms with Gasteiger partial charge in [0.1, 0.15) is 11.2 Å². The molecule has 0 aliphatic rings. The molecule has 1 N–H and O–H groups in total. The third kappa shape index (κ3) is 2.58. The van der Waals surface area contributed by atoms with Gasteiger partial charge in [0.25, 0.3) is 5.56 Å². The van der Waals surface area contributed by atoms with Crippen molar-refractivity contribution in [3.63, 3.8) is 0 Å². The zero-order valence-electron chi connectivity index (χ0n) is 10.8. The van der Waals surface area contributed by atoms with E-state index >= 15 is 0 Å². The summed E-state index contributed by atoms with van der Waals surface area (Å²) < 4.78 is 0. The number of hydrogen-bond donors (Lipinski definition) is 1. The summed E-state index contributed by atoms with van der Waals surface area (Å²) in [5.41, 5.74) is 2.89. The van der Waals surface area contributed by atoms with Crippen LogP contribution in [0.2, 0.25) is 5.02 Å². The van der Waals surface area contributed by atoms with Crippen molar-refractivity contribution in [2.45, 2.75) is 12.8 Å². The quantitative estimate of drug-likeness (QED) is 0.801. The van der Waals surface area contributed by atoms with Gasteiger partial charge in [0.2, 0.25) is 0 Å². The number of rotatable bonds is 3. The van der Waals surface area contributed by atoms with Gasteiger partial charge in [0.15, 0.2) is 0 Å². The molecule has 0 fully saturated rings. The molecule has 0 amide bonds. The topological polar surface area (TPSA) is 45.8 Å². The van der Waals surface area contributed by atoms with E-state index in [4.69, 9.17) is 11.6 Å². The van der Waals surface area contributed by atoms with E-state index in [0.717, 1.165) is 6.42 Å². The van der Waals surface area contributed by atoms with Crippen LogP contribution in [0.5, 0.6) is 0 Å². The van der Waals surface area contributed by atoms with Crippen LogP contribution >= 0.6 is 11.6 Å². The summed E-state index contributed by atoms with van der Waals surface area (Å²) in [6.07, 6.45) is 1.38. The Morgan fingerprint density at radius 3 is 2.60 bits per heavy atom. The van der Waals surface area contributed by atoms with Gasteiger partial charge < -0.3 is 4.98 Å². The number of H-pyrrole nitrogens is 1. The van der Waals surface area contributed by atoms with Crippen molar-refractivity contribution in [3.05, 3.63) is 75.2 Å². The first kappa shape index (κ1) is 12.9. The summed E-state index contributed by atoms with van der Waals surface area (Å²) in [6.45, 7) is 0. The van der Waals surface area contributed by atoms with E-state index in [2.05, 4.69) is 9.97 Å². The van der Waals surface area contributed by atoms with Crippen LogP contribution in [-0.4, -0.2) is 9.97 Å².